The van der Waals surface area contributed by atoms with Crippen LogP contribution in [-0.4, -0.2) is 12.1 Å². The summed E-state index contributed by atoms with van der Waals surface area (Å²) in [4.78, 5) is 13.7. The van der Waals surface area contributed by atoms with Gasteiger partial charge in [0.1, 0.15) is 0 Å². The molecule has 1 amide bonds. The van der Waals surface area contributed by atoms with Gasteiger partial charge in [-0.3, -0.25) is 4.79 Å². The Kier molecular flexibility index (Phi) is 3.48. The van der Waals surface area contributed by atoms with E-state index in [2.05, 4.69) is 10.5 Å². The van der Waals surface area contributed by atoms with Crippen LogP contribution in [0.4, 0.5) is 0 Å². The Hall–Kier alpha value is -1.46. The van der Waals surface area contributed by atoms with Crippen LogP contribution in [0.2, 0.25) is 0 Å². The van der Waals surface area contributed by atoms with E-state index in [1.807, 2.05) is 35.9 Å². The number of hydrazone groups is 1. The van der Waals surface area contributed by atoms with Crippen LogP contribution in [0.15, 0.2) is 34.1 Å². The molecule has 0 aliphatic rings. The molecule has 0 saturated heterocycles. The van der Waals surface area contributed by atoms with E-state index in [0.717, 1.165) is 9.75 Å². The molecular weight excluding hydrogens is 240 g/mol. The van der Waals surface area contributed by atoms with Gasteiger partial charge in [0.05, 0.1) is 11.8 Å². The number of amides is 1. The molecule has 0 aromatic carbocycles. The van der Waals surface area contributed by atoms with E-state index < -0.39 is 0 Å². The highest BCUT2D eigenvalue weighted by atomic mass is 32.1. The van der Waals surface area contributed by atoms with Crippen LogP contribution in [0.25, 0.3) is 0 Å². The maximum absolute atomic E-state index is 11.6. The Balaban J connectivity index is 1.94. The Morgan fingerprint density at radius 1 is 1.50 bits per heavy atom. The third-order valence-electron chi connectivity index (χ3n) is 1.89. The monoisotopic (exact) mass is 250 g/mol. The summed E-state index contributed by atoms with van der Waals surface area (Å²) < 4.78 is 0. The lowest BCUT2D eigenvalue weighted by atomic mass is 10.3. The van der Waals surface area contributed by atoms with Crippen molar-refractivity contribution in [1.82, 2.24) is 5.43 Å². The van der Waals surface area contributed by atoms with Crippen molar-refractivity contribution >= 4 is 34.8 Å². The van der Waals surface area contributed by atoms with Crippen molar-refractivity contribution in [3.8, 4) is 0 Å². The minimum atomic E-state index is -0.169. The molecule has 2 heterocycles. The fraction of sp³-hybridized carbons (Fsp3) is 0.0909. The minimum Gasteiger partial charge on any atom is -0.267 e. The van der Waals surface area contributed by atoms with E-state index in [4.69, 9.17) is 0 Å². The van der Waals surface area contributed by atoms with Gasteiger partial charge in [0.25, 0.3) is 5.91 Å². The zero-order valence-corrected chi connectivity index (χ0v) is 10.3. The van der Waals surface area contributed by atoms with E-state index in [9.17, 15) is 4.79 Å². The van der Waals surface area contributed by atoms with E-state index in [1.54, 1.807) is 28.9 Å². The highest BCUT2D eigenvalue weighted by Crippen LogP contribution is 2.12. The van der Waals surface area contributed by atoms with Gasteiger partial charge in [-0.1, -0.05) is 6.07 Å². The summed E-state index contributed by atoms with van der Waals surface area (Å²) in [7, 11) is 0. The number of thiophene rings is 2. The van der Waals surface area contributed by atoms with E-state index >= 15 is 0 Å². The van der Waals surface area contributed by atoms with Crippen LogP contribution in [0, 0.1) is 6.92 Å². The van der Waals surface area contributed by atoms with Gasteiger partial charge in [-0.05, 0) is 24.4 Å². The molecule has 0 aliphatic heterocycles. The molecule has 82 valence electrons. The summed E-state index contributed by atoms with van der Waals surface area (Å²) in [6.07, 6.45) is 1.64. The van der Waals surface area contributed by atoms with Gasteiger partial charge in [-0.15, -0.1) is 22.7 Å². The molecule has 0 saturated carbocycles. The van der Waals surface area contributed by atoms with Gasteiger partial charge in [0.2, 0.25) is 0 Å². The lowest BCUT2D eigenvalue weighted by molar-refractivity contribution is 0.0955. The predicted molar refractivity (Wildman–Crippen MR) is 68.4 cm³/mol. The third-order valence-corrected chi connectivity index (χ3v) is 3.56. The van der Waals surface area contributed by atoms with Crippen molar-refractivity contribution < 1.29 is 4.79 Å². The van der Waals surface area contributed by atoms with Crippen molar-refractivity contribution in [3.63, 3.8) is 0 Å². The van der Waals surface area contributed by atoms with Crippen LogP contribution in [-0.2, 0) is 0 Å². The molecule has 0 bridgehead atoms. The summed E-state index contributed by atoms with van der Waals surface area (Å²) >= 11 is 3.13. The normalized spacial score (nSPS) is 10.8. The Morgan fingerprint density at radius 3 is 3.00 bits per heavy atom. The number of hydrogen-bond acceptors (Lipinski definition) is 4. The number of nitrogens with zero attached hydrogens (tertiary/aromatic N) is 1. The van der Waals surface area contributed by atoms with Crippen LogP contribution >= 0.6 is 22.7 Å². The molecule has 16 heavy (non-hydrogen) atoms. The van der Waals surface area contributed by atoms with Crippen LogP contribution < -0.4 is 5.43 Å². The summed E-state index contributed by atoms with van der Waals surface area (Å²) in [5, 5.41) is 7.68. The fourth-order valence-electron chi connectivity index (χ4n) is 1.15. The standard InChI is InChI=1S/C11H10N2OS2/c1-8-5-9(7-16-8)11(14)13-12-6-10-3-2-4-15-10/h2-7H,1H3,(H,13,14)/b12-6+. The molecule has 0 fully saturated rings. The maximum atomic E-state index is 11.6. The molecule has 0 unspecified atom stereocenters. The van der Waals surface area contributed by atoms with Crippen molar-refractivity contribution in [2.24, 2.45) is 5.10 Å². The average molecular weight is 250 g/mol. The molecule has 0 atom stereocenters. The minimum absolute atomic E-state index is 0.169. The maximum Gasteiger partial charge on any atom is 0.272 e. The number of nitrogens with one attached hydrogen (secondary N) is 1. The van der Waals surface area contributed by atoms with Crippen LogP contribution in [0.5, 0.6) is 0 Å². The first-order chi connectivity index (χ1) is 7.75. The van der Waals surface area contributed by atoms with Crippen molar-refractivity contribution in [2.45, 2.75) is 6.92 Å². The molecule has 1 N–H and O–H groups in total. The van der Waals surface area contributed by atoms with E-state index in [0.29, 0.717) is 5.56 Å². The summed E-state index contributed by atoms with van der Waals surface area (Å²) in [6.45, 7) is 1.97. The second kappa shape index (κ2) is 5.05. The van der Waals surface area contributed by atoms with Gasteiger partial charge in [-0.2, -0.15) is 5.10 Å². The number of carbonyl (C=O) groups is 1. The second-order valence-electron chi connectivity index (χ2n) is 3.16. The zero-order valence-electron chi connectivity index (χ0n) is 8.64. The quantitative estimate of drug-likeness (QED) is 0.660. The Labute approximate surface area is 101 Å². The van der Waals surface area contributed by atoms with Crippen molar-refractivity contribution in [3.05, 3.63) is 44.3 Å². The molecule has 0 aliphatic carbocycles. The first-order valence-electron chi connectivity index (χ1n) is 4.68. The molecular formula is C11H10N2OS2. The molecule has 0 spiro atoms. The van der Waals surface area contributed by atoms with Crippen molar-refractivity contribution in [2.75, 3.05) is 0 Å². The molecule has 2 aromatic rings. The Morgan fingerprint density at radius 2 is 2.38 bits per heavy atom. The first kappa shape index (κ1) is 11.0. The van der Waals surface area contributed by atoms with Gasteiger partial charge in [0.15, 0.2) is 0 Å². The summed E-state index contributed by atoms with van der Waals surface area (Å²) in [5.41, 5.74) is 3.15. The lowest BCUT2D eigenvalue weighted by Crippen LogP contribution is -2.16. The number of hydrogen-bond donors (Lipinski definition) is 1. The highest BCUT2D eigenvalue weighted by Gasteiger charge is 2.05. The lowest BCUT2D eigenvalue weighted by Gasteiger charge is -1.94. The summed E-state index contributed by atoms with van der Waals surface area (Å²) in [6, 6.07) is 5.73. The van der Waals surface area contributed by atoms with Gasteiger partial charge in [-0.25, -0.2) is 5.43 Å². The number of carbonyl (C=O) groups excluding carboxylic acids is 1. The van der Waals surface area contributed by atoms with Crippen LogP contribution in [0.1, 0.15) is 20.1 Å². The second-order valence-corrected chi connectivity index (χ2v) is 5.26. The molecule has 2 aromatic heterocycles. The summed E-state index contributed by atoms with van der Waals surface area (Å²) in [5.74, 6) is -0.169. The number of aryl methyl sites for hydroxylation is 1. The topological polar surface area (TPSA) is 41.5 Å². The van der Waals surface area contributed by atoms with Gasteiger partial charge >= 0.3 is 0 Å². The third kappa shape index (κ3) is 2.77. The zero-order chi connectivity index (χ0) is 11.4. The molecule has 2 rings (SSSR count). The Bertz CT molecular complexity index is 500. The average Bonchev–Trinajstić information content (AvgIpc) is 2.89. The SMILES string of the molecule is Cc1cc(C(=O)N/N=C/c2cccs2)cs1. The smallest absolute Gasteiger partial charge is 0.267 e. The van der Waals surface area contributed by atoms with Crippen molar-refractivity contribution in [1.29, 1.82) is 0 Å². The predicted octanol–water partition coefficient (Wildman–Crippen LogP) is 2.88. The number of rotatable bonds is 3. The molecule has 3 nitrogen and oxygen atoms in total. The molecule has 5 heteroatoms. The fourth-order valence-corrected chi connectivity index (χ4v) is 2.41. The van der Waals surface area contributed by atoms with E-state index in [-0.39, 0.29) is 5.91 Å². The van der Waals surface area contributed by atoms with E-state index in [1.165, 1.54) is 0 Å². The largest absolute Gasteiger partial charge is 0.272 e. The van der Waals surface area contributed by atoms with Crippen LogP contribution in [0.3, 0.4) is 0 Å². The highest BCUT2D eigenvalue weighted by molar-refractivity contribution is 7.11. The van der Waals surface area contributed by atoms with Gasteiger partial charge < -0.3 is 0 Å². The van der Waals surface area contributed by atoms with Gasteiger partial charge in [0, 0.05) is 15.1 Å². The molecule has 0 radical (unpaired) electrons. The first-order valence-corrected chi connectivity index (χ1v) is 6.43.